The second-order valence-electron chi connectivity index (χ2n) is 3.40. The summed E-state index contributed by atoms with van der Waals surface area (Å²) in [6.07, 6.45) is 1.72. The van der Waals surface area contributed by atoms with Crippen LogP contribution in [0.15, 0.2) is 41.6 Å². The van der Waals surface area contributed by atoms with Crippen molar-refractivity contribution in [3.63, 3.8) is 0 Å². The molecule has 0 aliphatic heterocycles. The molecule has 2 aromatic heterocycles. The minimum Gasteiger partial charge on any atom is -0.292 e. The molecule has 2 aromatic rings. The molecule has 0 fully saturated rings. The lowest BCUT2D eigenvalue weighted by atomic mass is 10.2. The van der Waals surface area contributed by atoms with E-state index in [1.54, 1.807) is 18.3 Å². The van der Waals surface area contributed by atoms with Gasteiger partial charge in [0.25, 0.3) is 0 Å². The highest BCUT2D eigenvalue weighted by Gasteiger charge is 2.18. The van der Waals surface area contributed by atoms with Crippen LogP contribution in [0.25, 0.3) is 0 Å². The van der Waals surface area contributed by atoms with E-state index >= 15 is 0 Å². The summed E-state index contributed by atoms with van der Waals surface area (Å²) in [5.41, 5.74) is 0. The number of halogens is 1. The number of rotatable bonds is 4. The Hall–Kier alpha value is -0.840. The lowest BCUT2D eigenvalue weighted by molar-refractivity contribution is 0.0998. The zero-order valence-corrected chi connectivity index (χ0v) is 11.5. The van der Waals surface area contributed by atoms with Crippen molar-refractivity contribution in [2.24, 2.45) is 0 Å². The molecule has 0 aliphatic carbocycles. The Balaban J connectivity index is 2.06. The molecule has 0 aliphatic rings. The molecule has 0 amide bonds. The van der Waals surface area contributed by atoms with Crippen molar-refractivity contribution < 1.29 is 4.79 Å². The number of thiophene rings is 1. The fourth-order valence-electron chi connectivity index (χ4n) is 1.30. The molecule has 0 spiro atoms. The molecule has 0 saturated carbocycles. The first-order valence-corrected chi connectivity index (χ1v) is 7.11. The standard InChI is InChI=1S/C12H10ClNOS2/c1-8(16-11-4-2-3-7-14-11)12(15)9-5-6-10(13)17-9/h2-8H,1H3. The molecule has 2 nitrogen and oxygen atoms in total. The summed E-state index contributed by atoms with van der Waals surface area (Å²) in [6.45, 7) is 1.88. The van der Waals surface area contributed by atoms with Crippen LogP contribution in [0.2, 0.25) is 4.34 Å². The molecule has 0 N–H and O–H groups in total. The number of aromatic nitrogens is 1. The zero-order valence-electron chi connectivity index (χ0n) is 9.09. The van der Waals surface area contributed by atoms with E-state index in [4.69, 9.17) is 11.6 Å². The minimum atomic E-state index is -0.153. The van der Waals surface area contributed by atoms with Crippen LogP contribution in [0.4, 0.5) is 0 Å². The third-order valence-electron chi connectivity index (χ3n) is 2.12. The van der Waals surface area contributed by atoms with E-state index in [9.17, 15) is 4.79 Å². The topological polar surface area (TPSA) is 30.0 Å². The Morgan fingerprint density at radius 3 is 2.82 bits per heavy atom. The predicted octanol–water partition coefficient (Wildman–Crippen LogP) is 4.16. The van der Waals surface area contributed by atoms with Gasteiger partial charge >= 0.3 is 0 Å². The quantitative estimate of drug-likeness (QED) is 0.623. The van der Waals surface area contributed by atoms with E-state index < -0.39 is 0 Å². The Labute approximate surface area is 113 Å². The lowest BCUT2D eigenvalue weighted by Gasteiger charge is -2.07. The Bertz CT molecular complexity index is 512. The highest BCUT2D eigenvalue weighted by Crippen LogP contribution is 2.28. The molecule has 5 heteroatoms. The number of carbonyl (C=O) groups excluding carboxylic acids is 1. The van der Waals surface area contributed by atoms with Crippen LogP contribution >= 0.6 is 34.7 Å². The summed E-state index contributed by atoms with van der Waals surface area (Å²) in [5, 5.41) is 0.704. The molecule has 17 heavy (non-hydrogen) atoms. The number of pyridine rings is 1. The number of ketones is 1. The number of thioether (sulfide) groups is 1. The first-order chi connectivity index (χ1) is 8.16. The zero-order chi connectivity index (χ0) is 12.3. The largest absolute Gasteiger partial charge is 0.292 e. The summed E-state index contributed by atoms with van der Waals surface area (Å²) < 4.78 is 0.642. The number of nitrogens with zero attached hydrogens (tertiary/aromatic N) is 1. The Kier molecular flexibility index (Phi) is 4.20. The van der Waals surface area contributed by atoms with Crippen molar-refractivity contribution in [3.8, 4) is 0 Å². The first kappa shape index (κ1) is 12.6. The molecule has 0 aromatic carbocycles. The number of hydrogen-bond acceptors (Lipinski definition) is 4. The van der Waals surface area contributed by atoms with Gasteiger partial charge in [-0.05, 0) is 31.2 Å². The van der Waals surface area contributed by atoms with E-state index in [1.165, 1.54) is 23.1 Å². The van der Waals surface area contributed by atoms with Gasteiger partial charge in [-0.3, -0.25) is 4.79 Å². The van der Waals surface area contributed by atoms with Crippen LogP contribution in [-0.2, 0) is 0 Å². The SMILES string of the molecule is CC(Sc1ccccn1)C(=O)c1ccc(Cl)s1. The predicted molar refractivity (Wildman–Crippen MR) is 73.2 cm³/mol. The van der Waals surface area contributed by atoms with Gasteiger partial charge in [-0.15, -0.1) is 11.3 Å². The van der Waals surface area contributed by atoms with Crippen LogP contribution in [0.5, 0.6) is 0 Å². The maximum absolute atomic E-state index is 12.1. The highest BCUT2D eigenvalue weighted by atomic mass is 35.5. The fourth-order valence-corrected chi connectivity index (χ4v) is 3.32. The number of carbonyl (C=O) groups is 1. The first-order valence-electron chi connectivity index (χ1n) is 5.04. The summed E-state index contributed by atoms with van der Waals surface area (Å²) in [5.74, 6) is 0.0950. The number of Topliss-reactive ketones (excluding diaryl/α,β-unsaturated/α-hetero) is 1. The third kappa shape index (κ3) is 3.31. The highest BCUT2D eigenvalue weighted by molar-refractivity contribution is 8.00. The maximum Gasteiger partial charge on any atom is 0.185 e. The van der Waals surface area contributed by atoms with Crippen LogP contribution in [-0.4, -0.2) is 16.0 Å². The van der Waals surface area contributed by atoms with E-state index in [1.807, 2.05) is 25.1 Å². The Morgan fingerprint density at radius 2 is 2.24 bits per heavy atom. The van der Waals surface area contributed by atoms with Gasteiger partial charge < -0.3 is 0 Å². The molecule has 0 bridgehead atoms. The van der Waals surface area contributed by atoms with E-state index in [0.29, 0.717) is 9.21 Å². The van der Waals surface area contributed by atoms with Gasteiger partial charge in [-0.2, -0.15) is 0 Å². The van der Waals surface area contributed by atoms with E-state index in [0.717, 1.165) is 5.03 Å². The van der Waals surface area contributed by atoms with Gasteiger partial charge in [0.05, 0.1) is 19.5 Å². The third-order valence-corrected chi connectivity index (χ3v) is 4.42. The van der Waals surface area contributed by atoms with Crippen molar-refractivity contribution in [2.75, 3.05) is 0 Å². The van der Waals surface area contributed by atoms with Crippen LogP contribution in [0, 0.1) is 0 Å². The van der Waals surface area contributed by atoms with Crippen LogP contribution < -0.4 is 0 Å². The average molecular weight is 284 g/mol. The summed E-state index contributed by atoms with van der Waals surface area (Å²) in [7, 11) is 0. The smallest absolute Gasteiger partial charge is 0.185 e. The molecular weight excluding hydrogens is 274 g/mol. The molecular formula is C12H10ClNOS2. The second kappa shape index (κ2) is 5.67. The van der Waals surface area contributed by atoms with Crippen molar-refractivity contribution >= 4 is 40.5 Å². The molecule has 88 valence electrons. The average Bonchev–Trinajstić information content (AvgIpc) is 2.76. The molecule has 1 atom stereocenters. The maximum atomic E-state index is 12.1. The van der Waals surface area contributed by atoms with Gasteiger partial charge in [-0.1, -0.05) is 29.4 Å². The van der Waals surface area contributed by atoms with Crippen molar-refractivity contribution in [2.45, 2.75) is 17.2 Å². The Morgan fingerprint density at radius 1 is 1.41 bits per heavy atom. The van der Waals surface area contributed by atoms with E-state index in [-0.39, 0.29) is 11.0 Å². The molecule has 1 unspecified atom stereocenters. The van der Waals surface area contributed by atoms with Gasteiger partial charge in [0.1, 0.15) is 0 Å². The molecule has 2 heterocycles. The monoisotopic (exact) mass is 283 g/mol. The summed E-state index contributed by atoms with van der Waals surface area (Å²) >= 11 is 8.59. The van der Waals surface area contributed by atoms with Gasteiger partial charge in [-0.25, -0.2) is 4.98 Å². The summed E-state index contributed by atoms with van der Waals surface area (Å²) in [6, 6.07) is 9.18. The number of hydrogen-bond donors (Lipinski definition) is 0. The molecule has 2 rings (SSSR count). The second-order valence-corrected chi connectivity index (χ2v) is 6.47. The van der Waals surface area contributed by atoms with Crippen molar-refractivity contribution in [3.05, 3.63) is 45.7 Å². The molecule has 0 saturated heterocycles. The van der Waals surface area contributed by atoms with Gasteiger partial charge in [0.2, 0.25) is 0 Å². The van der Waals surface area contributed by atoms with Crippen LogP contribution in [0.1, 0.15) is 16.6 Å². The van der Waals surface area contributed by atoms with Crippen LogP contribution in [0.3, 0.4) is 0 Å². The van der Waals surface area contributed by atoms with Crippen molar-refractivity contribution in [1.29, 1.82) is 0 Å². The lowest BCUT2D eigenvalue weighted by Crippen LogP contribution is -2.11. The van der Waals surface area contributed by atoms with Gasteiger partial charge in [0.15, 0.2) is 5.78 Å². The van der Waals surface area contributed by atoms with Crippen molar-refractivity contribution in [1.82, 2.24) is 4.98 Å². The minimum absolute atomic E-state index is 0.0950. The molecule has 0 radical (unpaired) electrons. The fraction of sp³-hybridized carbons (Fsp3) is 0.167. The van der Waals surface area contributed by atoms with E-state index in [2.05, 4.69) is 4.98 Å². The summed E-state index contributed by atoms with van der Waals surface area (Å²) in [4.78, 5) is 17.0. The normalized spacial score (nSPS) is 12.4. The van der Waals surface area contributed by atoms with Gasteiger partial charge in [0, 0.05) is 6.20 Å².